The Morgan fingerprint density at radius 1 is 1.10 bits per heavy atom. The van der Waals surface area contributed by atoms with E-state index in [1.165, 1.54) is 0 Å². The van der Waals surface area contributed by atoms with E-state index in [2.05, 4.69) is 31.0 Å². The number of aliphatic carboxylic acids is 1. The highest BCUT2D eigenvalue weighted by atomic mass is 35.5. The van der Waals surface area contributed by atoms with Gasteiger partial charge in [-0.3, -0.25) is 0 Å². The van der Waals surface area contributed by atoms with Gasteiger partial charge in [0, 0.05) is 47.4 Å². The minimum Gasteiger partial charge on any atom is -0.490 e. The fourth-order valence-electron chi connectivity index (χ4n) is 6.38. The molecule has 50 heavy (non-hydrogen) atoms. The van der Waals surface area contributed by atoms with Gasteiger partial charge in [0.2, 0.25) is 0 Å². The molecule has 0 spiro atoms. The molecule has 0 radical (unpaired) electrons. The quantitative estimate of drug-likeness (QED) is 0.138. The van der Waals surface area contributed by atoms with Crippen LogP contribution in [0.2, 0.25) is 5.02 Å². The lowest BCUT2D eigenvalue weighted by Gasteiger charge is -2.41. The van der Waals surface area contributed by atoms with E-state index in [-0.39, 0.29) is 11.7 Å². The molecule has 4 aromatic rings. The molecule has 2 aromatic carbocycles. The molecule has 1 aliphatic heterocycles. The van der Waals surface area contributed by atoms with Gasteiger partial charge in [0.1, 0.15) is 11.6 Å². The average molecular weight is 701 g/mol. The maximum Gasteiger partial charge on any atom is 0.337 e. The fraction of sp³-hybridized carbons (Fsp3) is 0.425. The van der Waals surface area contributed by atoms with E-state index >= 15 is 0 Å². The van der Waals surface area contributed by atoms with Crippen LogP contribution in [0.25, 0.3) is 28.0 Å². The van der Waals surface area contributed by atoms with Crippen molar-refractivity contribution in [3.8, 4) is 28.1 Å². The second kappa shape index (κ2) is 15.0. The van der Waals surface area contributed by atoms with Gasteiger partial charge in [-0.25, -0.2) is 9.78 Å². The second-order valence-electron chi connectivity index (χ2n) is 14.4. The Morgan fingerprint density at radius 3 is 2.44 bits per heavy atom. The lowest BCUT2D eigenvalue weighted by molar-refractivity contribution is -0.160. The number of hydrogen-bond acceptors (Lipinski definition) is 7. The number of ether oxygens (including phenoxy) is 3. The summed E-state index contributed by atoms with van der Waals surface area (Å²) in [5.41, 5.74) is 5.03. The lowest BCUT2D eigenvalue weighted by Crippen LogP contribution is -2.45. The first-order chi connectivity index (χ1) is 23.6. The van der Waals surface area contributed by atoms with Crippen LogP contribution in [-0.2, 0) is 14.3 Å². The van der Waals surface area contributed by atoms with Crippen molar-refractivity contribution in [2.75, 3.05) is 24.6 Å². The molecule has 1 unspecified atom stereocenters. The Labute approximate surface area is 300 Å². The molecule has 1 saturated heterocycles. The monoisotopic (exact) mass is 700 g/mol. The van der Waals surface area contributed by atoms with Crippen molar-refractivity contribution in [2.45, 2.75) is 91.1 Å². The van der Waals surface area contributed by atoms with Gasteiger partial charge in [0.15, 0.2) is 11.8 Å². The number of benzene rings is 2. The van der Waals surface area contributed by atoms with Crippen LogP contribution in [0.5, 0.6) is 5.75 Å². The van der Waals surface area contributed by atoms with Crippen LogP contribution >= 0.6 is 11.6 Å². The summed E-state index contributed by atoms with van der Waals surface area (Å²) in [5.74, 6) is 0.275. The lowest BCUT2D eigenvalue weighted by atomic mass is 9.92. The van der Waals surface area contributed by atoms with E-state index in [0.29, 0.717) is 65.3 Å². The van der Waals surface area contributed by atoms with Gasteiger partial charge in [0.05, 0.1) is 35.2 Å². The van der Waals surface area contributed by atoms with Crippen molar-refractivity contribution < 1.29 is 24.1 Å². The normalized spacial score (nSPS) is 15.9. The Hall–Kier alpha value is -4.18. The number of rotatable bonds is 13. The van der Waals surface area contributed by atoms with Crippen molar-refractivity contribution in [3.05, 3.63) is 89.6 Å². The molecule has 5 rings (SSSR count). The number of fused-ring (bicyclic) bond motifs is 1. The zero-order valence-electron chi connectivity index (χ0n) is 30.3. The summed E-state index contributed by atoms with van der Waals surface area (Å²) < 4.78 is 20.4. The molecule has 266 valence electrons. The van der Waals surface area contributed by atoms with E-state index in [9.17, 15) is 9.90 Å². The van der Waals surface area contributed by atoms with Crippen molar-refractivity contribution >= 4 is 29.0 Å². The SMILES string of the molecule is C=CCOC1(C)CCN(c2c(C(OC(C)(C)C)C(=O)O)c(C)nc3cc(-c4cccc(-c5cc(C)c(Cl)cc5O[C@@H](C)CC=C)c4)nn23)CC1. The third-order valence-corrected chi connectivity index (χ3v) is 9.40. The number of aromatic nitrogens is 3. The first-order valence-corrected chi connectivity index (χ1v) is 17.5. The van der Waals surface area contributed by atoms with Crippen LogP contribution in [0.1, 0.15) is 76.8 Å². The average Bonchev–Trinajstić information content (AvgIpc) is 3.48. The highest BCUT2D eigenvalue weighted by Gasteiger charge is 2.37. The predicted molar refractivity (Wildman–Crippen MR) is 200 cm³/mol. The summed E-state index contributed by atoms with van der Waals surface area (Å²) >= 11 is 6.55. The van der Waals surface area contributed by atoms with E-state index in [4.69, 9.17) is 35.9 Å². The summed E-state index contributed by atoms with van der Waals surface area (Å²) in [6.07, 6.45) is 4.46. The van der Waals surface area contributed by atoms with Gasteiger partial charge < -0.3 is 24.2 Å². The minimum atomic E-state index is -1.25. The molecule has 9 nitrogen and oxygen atoms in total. The van der Waals surface area contributed by atoms with Crippen LogP contribution in [0.4, 0.5) is 5.82 Å². The maximum atomic E-state index is 12.8. The summed E-state index contributed by atoms with van der Waals surface area (Å²) in [4.78, 5) is 19.9. The number of hydrogen-bond donors (Lipinski definition) is 1. The molecule has 1 aliphatic rings. The van der Waals surface area contributed by atoms with Gasteiger partial charge in [-0.2, -0.15) is 9.61 Å². The van der Waals surface area contributed by atoms with E-state index in [1.807, 2.05) is 84.0 Å². The number of carboxylic acids is 1. The van der Waals surface area contributed by atoms with Gasteiger partial charge >= 0.3 is 5.97 Å². The molecule has 2 aromatic heterocycles. The number of anilines is 1. The van der Waals surface area contributed by atoms with E-state index in [0.717, 1.165) is 35.1 Å². The molecule has 0 amide bonds. The minimum absolute atomic E-state index is 0.0772. The molecule has 1 N–H and O–H groups in total. The smallest absolute Gasteiger partial charge is 0.337 e. The highest BCUT2D eigenvalue weighted by molar-refractivity contribution is 6.31. The van der Waals surface area contributed by atoms with Crippen molar-refractivity contribution in [2.24, 2.45) is 0 Å². The summed E-state index contributed by atoms with van der Waals surface area (Å²) in [6, 6.07) is 14.0. The molecule has 1 fully saturated rings. The number of nitrogens with zero attached hydrogens (tertiary/aromatic N) is 4. The largest absolute Gasteiger partial charge is 0.490 e. The Bertz CT molecular complexity index is 1890. The molecule has 10 heteroatoms. The Kier molecular flexibility index (Phi) is 11.1. The number of aryl methyl sites for hydroxylation is 2. The zero-order chi connectivity index (χ0) is 36.4. The van der Waals surface area contributed by atoms with Gasteiger partial charge in [-0.1, -0.05) is 42.0 Å². The third kappa shape index (κ3) is 8.23. The van der Waals surface area contributed by atoms with Crippen molar-refractivity contribution in [1.82, 2.24) is 14.6 Å². The highest BCUT2D eigenvalue weighted by Crippen LogP contribution is 2.40. The fourth-order valence-corrected chi connectivity index (χ4v) is 6.54. The summed E-state index contributed by atoms with van der Waals surface area (Å²) in [7, 11) is 0. The maximum absolute atomic E-state index is 12.8. The number of carboxylic acid groups (broad SMARTS) is 1. The molecular formula is C40H49ClN4O5. The first kappa shape index (κ1) is 37.1. The molecule has 0 saturated carbocycles. The molecule has 2 atom stereocenters. The van der Waals surface area contributed by atoms with Crippen molar-refractivity contribution in [3.63, 3.8) is 0 Å². The van der Waals surface area contributed by atoms with Crippen molar-refractivity contribution in [1.29, 1.82) is 0 Å². The topological polar surface area (TPSA) is 98.4 Å². The van der Waals surface area contributed by atoms with Gasteiger partial charge in [-0.15, -0.1) is 13.2 Å². The standard InChI is InChI=1S/C40H49ClN4O5/c1-10-13-26(4)49-33-23-31(41)25(3)21-30(33)28-14-12-15-29(22-28)32-24-34-42-27(5)35(36(38(46)47)50-39(6,7)8)37(45(34)43-32)44-18-16-40(9,17-19-44)48-20-11-2/h10-12,14-15,21-24,26,36H,1-2,13,16-20H2,3-9H3,(H,46,47)/t26-,36?/m0/s1. The van der Waals surface area contributed by atoms with E-state index in [1.54, 1.807) is 10.6 Å². The molecular weight excluding hydrogens is 652 g/mol. The zero-order valence-corrected chi connectivity index (χ0v) is 31.0. The van der Waals surface area contributed by atoms with Crippen LogP contribution in [-0.4, -0.2) is 62.7 Å². The van der Waals surface area contributed by atoms with E-state index < -0.39 is 17.7 Å². The van der Waals surface area contributed by atoms with Gasteiger partial charge in [-0.05, 0) is 90.6 Å². The summed E-state index contributed by atoms with van der Waals surface area (Å²) in [6.45, 7) is 22.9. The summed E-state index contributed by atoms with van der Waals surface area (Å²) in [5, 5.41) is 16.2. The predicted octanol–water partition coefficient (Wildman–Crippen LogP) is 9.18. The first-order valence-electron chi connectivity index (χ1n) is 17.1. The molecule has 0 aliphatic carbocycles. The van der Waals surface area contributed by atoms with Crippen LogP contribution < -0.4 is 9.64 Å². The molecule has 3 heterocycles. The number of halogens is 1. The third-order valence-electron chi connectivity index (χ3n) is 8.99. The second-order valence-corrected chi connectivity index (χ2v) is 14.8. The Balaban J connectivity index is 1.64. The van der Waals surface area contributed by atoms with Crippen LogP contribution in [0, 0.1) is 13.8 Å². The Morgan fingerprint density at radius 2 is 1.80 bits per heavy atom. The number of piperidine rings is 1. The number of carbonyl (C=O) groups is 1. The van der Waals surface area contributed by atoms with Crippen LogP contribution in [0.3, 0.4) is 0 Å². The van der Waals surface area contributed by atoms with Gasteiger partial charge in [0.25, 0.3) is 0 Å². The van der Waals surface area contributed by atoms with Crippen LogP contribution in [0.15, 0.2) is 67.8 Å². The molecule has 0 bridgehead atoms.